The molecule has 3 heteroatoms. The van der Waals surface area contributed by atoms with Gasteiger partial charge in [0.05, 0.1) is 5.56 Å². The van der Waals surface area contributed by atoms with E-state index in [1.165, 1.54) is 6.07 Å². The highest BCUT2D eigenvalue weighted by atomic mass is 16.4. The number of aldehydes is 1. The third-order valence-electron chi connectivity index (χ3n) is 1.06. The number of ether oxygens (including phenoxy) is 1. The van der Waals surface area contributed by atoms with Gasteiger partial charge in [-0.15, -0.1) is 0 Å². The second-order valence-electron chi connectivity index (χ2n) is 2.08. The average Bonchev–Trinajstić information content (AvgIpc) is 2.07. The van der Waals surface area contributed by atoms with Gasteiger partial charge in [-0.1, -0.05) is 12.1 Å². The van der Waals surface area contributed by atoms with Gasteiger partial charge in [0, 0.05) is 14.2 Å². The second kappa shape index (κ2) is 6.37. The Morgan fingerprint density at radius 3 is 2.17 bits per heavy atom. The van der Waals surface area contributed by atoms with Gasteiger partial charge in [0.2, 0.25) is 0 Å². The van der Waals surface area contributed by atoms with Crippen LogP contribution in [0.4, 0.5) is 0 Å². The van der Waals surface area contributed by atoms with Crippen molar-refractivity contribution in [3.05, 3.63) is 29.8 Å². The Balaban J connectivity index is 0.000000354. The highest BCUT2D eigenvalue weighted by Gasteiger charge is 1.93. The van der Waals surface area contributed by atoms with E-state index in [0.717, 1.165) is 0 Å². The van der Waals surface area contributed by atoms with Crippen LogP contribution in [-0.4, -0.2) is 25.6 Å². The molecule has 0 aliphatic heterocycles. The van der Waals surface area contributed by atoms with E-state index in [1.54, 1.807) is 32.4 Å². The molecular weight excluding hydrogens is 156 g/mol. The third-order valence-corrected chi connectivity index (χ3v) is 1.06. The highest BCUT2D eigenvalue weighted by molar-refractivity contribution is 5.78. The minimum Gasteiger partial charge on any atom is -0.507 e. The van der Waals surface area contributed by atoms with Crippen molar-refractivity contribution < 1.29 is 14.6 Å². The van der Waals surface area contributed by atoms with Gasteiger partial charge < -0.3 is 9.84 Å². The van der Waals surface area contributed by atoms with E-state index in [4.69, 9.17) is 5.11 Å². The van der Waals surface area contributed by atoms with Crippen molar-refractivity contribution in [2.75, 3.05) is 14.2 Å². The first kappa shape index (κ1) is 10.7. The van der Waals surface area contributed by atoms with E-state index in [0.29, 0.717) is 11.8 Å². The van der Waals surface area contributed by atoms with Crippen LogP contribution in [0.2, 0.25) is 0 Å². The molecule has 66 valence electrons. The van der Waals surface area contributed by atoms with E-state index >= 15 is 0 Å². The maximum Gasteiger partial charge on any atom is 0.153 e. The van der Waals surface area contributed by atoms with Gasteiger partial charge in [0.25, 0.3) is 0 Å². The number of phenols is 1. The Kier molecular flexibility index (Phi) is 5.65. The number of benzene rings is 1. The largest absolute Gasteiger partial charge is 0.507 e. The Hall–Kier alpha value is -1.35. The molecule has 1 rings (SSSR count). The van der Waals surface area contributed by atoms with E-state index in [1.807, 2.05) is 0 Å². The molecule has 0 saturated carbocycles. The van der Waals surface area contributed by atoms with E-state index < -0.39 is 0 Å². The van der Waals surface area contributed by atoms with Crippen LogP contribution in [0.3, 0.4) is 0 Å². The molecule has 0 spiro atoms. The topological polar surface area (TPSA) is 46.5 Å². The summed E-state index contributed by atoms with van der Waals surface area (Å²) in [6, 6.07) is 6.40. The quantitative estimate of drug-likeness (QED) is 0.646. The maximum absolute atomic E-state index is 10.1. The molecule has 0 aromatic heterocycles. The number of hydrogen-bond donors (Lipinski definition) is 1. The number of methoxy groups -OCH3 is 1. The summed E-state index contributed by atoms with van der Waals surface area (Å²) in [6.45, 7) is 0. The second-order valence-corrected chi connectivity index (χ2v) is 2.08. The monoisotopic (exact) mass is 168 g/mol. The number of phenolic OH excluding ortho intramolecular Hbond substituents is 1. The molecule has 1 N–H and O–H groups in total. The summed E-state index contributed by atoms with van der Waals surface area (Å²) in [6.07, 6.45) is 0.620. The van der Waals surface area contributed by atoms with Gasteiger partial charge in [-0.25, -0.2) is 0 Å². The summed E-state index contributed by atoms with van der Waals surface area (Å²) in [5.41, 5.74) is 0.331. The lowest BCUT2D eigenvalue weighted by Gasteiger charge is -1.91. The highest BCUT2D eigenvalue weighted by Crippen LogP contribution is 2.11. The predicted octanol–water partition coefficient (Wildman–Crippen LogP) is 1.47. The van der Waals surface area contributed by atoms with Gasteiger partial charge in [-0.05, 0) is 12.1 Å². The van der Waals surface area contributed by atoms with Crippen LogP contribution in [-0.2, 0) is 4.74 Å². The molecule has 0 aliphatic carbocycles. The number of hydrogen-bond acceptors (Lipinski definition) is 3. The lowest BCUT2D eigenvalue weighted by Crippen LogP contribution is -1.77. The standard InChI is InChI=1S/C7H6O2.C2H6O/c8-5-6-3-1-2-4-7(6)9;1-3-2/h1-5,9H;1-2H3. The number of aromatic hydroxyl groups is 1. The predicted molar refractivity (Wildman–Crippen MR) is 46.4 cm³/mol. The molecule has 12 heavy (non-hydrogen) atoms. The van der Waals surface area contributed by atoms with Crippen molar-refractivity contribution in [2.24, 2.45) is 0 Å². The normalized spacial score (nSPS) is 8.17. The summed E-state index contributed by atoms with van der Waals surface area (Å²) < 4.78 is 4.25. The number of carbonyl (C=O) groups is 1. The molecule has 1 aromatic carbocycles. The van der Waals surface area contributed by atoms with Crippen molar-refractivity contribution in [1.82, 2.24) is 0 Å². The van der Waals surface area contributed by atoms with Gasteiger partial charge in [-0.2, -0.15) is 0 Å². The van der Waals surface area contributed by atoms with E-state index in [-0.39, 0.29) is 5.75 Å². The molecule has 0 aliphatic rings. The van der Waals surface area contributed by atoms with Gasteiger partial charge in [0.1, 0.15) is 5.75 Å². The SMILES string of the molecule is COC.O=Cc1ccccc1O. The molecule has 0 saturated heterocycles. The lowest BCUT2D eigenvalue weighted by atomic mass is 10.2. The first-order chi connectivity index (χ1) is 5.76. The molecule has 0 amide bonds. The van der Waals surface area contributed by atoms with E-state index in [2.05, 4.69) is 4.74 Å². The molecule has 1 aromatic rings. The van der Waals surface area contributed by atoms with Crippen molar-refractivity contribution in [1.29, 1.82) is 0 Å². The fourth-order valence-corrected chi connectivity index (χ4v) is 0.587. The van der Waals surface area contributed by atoms with Crippen LogP contribution in [0.15, 0.2) is 24.3 Å². The summed E-state index contributed by atoms with van der Waals surface area (Å²) in [5, 5.41) is 8.88. The molecule has 0 fully saturated rings. The molecule has 0 radical (unpaired) electrons. The summed E-state index contributed by atoms with van der Waals surface area (Å²) in [4.78, 5) is 10.1. The first-order valence-corrected chi connectivity index (χ1v) is 3.39. The van der Waals surface area contributed by atoms with E-state index in [9.17, 15) is 4.79 Å². The summed E-state index contributed by atoms with van der Waals surface area (Å²) >= 11 is 0. The fourth-order valence-electron chi connectivity index (χ4n) is 0.587. The Morgan fingerprint density at radius 1 is 1.33 bits per heavy atom. The van der Waals surface area contributed by atoms with Crippen molar-refractivity contribution in [3.63, 3.8) is 0 Å². The van der Waals surface area contributed by atoms with Crippen molar-refractivity contribution in [2.45, 2.75) is 0 Å². The van der Waals surface area contributed by atoms with Crippen LogP contribution in [0.5, 0.6) is 5.75 Å². The lowest BCUT2D eigenvalue weighted by molar-refractivity contribution is 0.112. The number of para-hydroxylation sites is 1. The van der Waals surface area contributed by atoms with Gasteiger partial charge >= 0.3 is 0 Å². The van der Waals surface area contributed by atoms with Crippen LogP contribution in [0.25, 0.3) is 0 Å². The maximum atomic E-state index is 10.1. The Morgan fingerprint density at radius 2 is 1.83 bits per heavy atom. The smallest absolute Gasteiger partial charge is 0.153 e. The average molecular weight is 168 g/mol. The molecule has 0 atom stereocenters. The third kappa shape index (κ3) is 3.73. The molecule has 3 nitrogen and oxygen atoms in total. The Bertz CT molecular complexity index is 233. The van der Waals surface area contributed by atoms with Gasteiger partial charge in [0.15, 0.2) is 6.29 Å². The van der Waals surface area contributed by atoms with Crippen LogP contribution in [0, 0.1) is 0 Å². The zero-order chi connectivity index (χ0) is 9.40. The Labute approximate surface area is 71.6 Å². The number of rotatable bonds is 1. The molecule has 0 heterocycles. The van der Waals surface area contributed by atoms with Crippen LogP contribution >= 0.6 is 0 Å². The minimum atomic E-state index is 0.0347. The summed E-state index contributed by atoms with van der Waals surface area (Å²) in [7, 11) is 3.25. The summed E-state index contributed by atoms with van der Waals surface area (Å²) in [5.74, 6) is 0.0347. The van der Waals surface area contributed by atoms with Crippen LogP contribution in [0.1, 0.15) is 10.4 Å². The van der Waals surface area contributed by atoms with Crippen LogP contribution < -0.4 is 0 Å². The molecule has 0 bridgehead atoms. The van der Waals surface area contributed by atoms with Gasteiger partial charge in [-0.3, -0.25) is 4.79 Å². The van der Waals surface area contributed by atoms with Crippen molar-refractivity contribution >= 4 is 6.29 Å². The van der Waals surface area contributed by atoms with Crippen molar-refractivity contribution in [3.8, 4) is 5.75 Å². The molecule has 0 unspecified atom stereocenters. The first-order valence-electron chi connectivity index (χ1n) is 3.39. The fraction of sp³-hybridized carbons (Fsp3) is 0.222. The zero-order valence-electron chi connectivity index (χ0n) is 7.15. The molecular formula is C9H12O3. The minimum absolute atomic E-state index is 0.0347. The number of carbonyl (C=O) groups excluding carboxylic acids is 1. The zero-order valence-corrected chi connectivity index (χ0v) is 7.15.